The molecule has 0 N–H and O–H groups in total. The molecule has 4 rings (SSSR count). The van der Waals surface area contributed by atoms with Crippen molar-refractivity contribution in [1.29, 1.82) is 0 Å². The first kappa shape index (κ1) is 20.0. The number of unbranched alkanes of at least 4 members (excludes halogenated alkanes) is 1. The highest BCUT2D eigenvalue weighted by Gasteiger charge is 2.35. The molecule has 0 atom stereocenters. The number of ether oxygens (including phenoxy) is 1. The number of esters is 1. The Balaban J connectivity index is 1.43. The Kier molecular flexibility index (Phi) is 5.72. The number of thiazole rings is 1. The van der Waals surface area contributed by atoms with Gasteiger partial charge < -0.3 is 4.74 Å². The second kappa shape index (κ2) is 8.59. The zero-order valence-corrected chi connectivity index (χ0v) is 17.3. The number of aromatic nitrogens is 1. The summed E-state index contributed by atoms with van der Waals surface area (Å²) in [6.07, 6.45) is 1.63. The van der Waals surface area contributed by atoms with Gasteiger partial charge in [0.2, 0.25) is 0 Å². The summed E-state index contributed by atoms with van der Waals surface area (Å²) in [5.74, 6) is -1.22. The van der Waals surface area contributed by atoms with E-state index in [-0.39, 0.29) is 29.5 Å². The average molecular weight is 420 g/mol. The lowest BCUT2D eigenvalue weighted by Gasteiger charge is -2.12. The van der Waals surface area contributed by atoms with Crippen LogP contribution in [-0.4, -0.2) is 34.2 Å². The molecule has 0 radical (unpaired) electrons. The highest BCUT2D eigenvalue weighted by molar-refractivity contribution is 7.13. The van der Waals surface area contributed by atoms with Gasteiger partial charge in [-0.2, -0.15) is 0 Å². The number of carbonyl (C=O) groups excluding carboxylic acids is 3. The molecule has 6 nitrogen and oxygen atoms in total. The number of nitrogens with zero attached hydrogens (tertiary/aromatic N) is 2. The number of imide groups is 1. The van der Waals surface area contributed by atoms with Crippen LogP contribution in [-0.2, 0) is 11.3 Å². The van der Waals surface area contributed by atoms with Crippen molar-refractivity contribution in [2.75, 3.05) is 6.54 Å². The first-order valence-electron chi connectivity index (χ1n) is 9.75. The van der Waals surface area contributed by atoms with Crippen LogP contribution in [0.15, 0.2) is 53.9 Å². The van der Waals surface area contributed by atoms with Crippen LogP contribution in [0.25, 0.3) is 10.6 Å². The second-order valence-corrected chi connectivity index (χ2v) is 7.82. The lowest BCUT2D eigenvalue weighted by molar-refractivity contribution is 0.0468. The zero-order valence-electron chi connectivity index (χ0n) is 16.5. The maximum atomic E-state index is 12.5. The smallest absolute Gasteiger partial charge is 0.338 e. The van der Waals surface area contributed by atoms with E-state index in [4.69, 9.17) is 4.74 Å². The third-order valence-corrected chi connectivity index (χ3v) is 5.81. The Bertz CT molecular complexity index is 1110. The third kappa shape index (κ3) is 3.89. The number of amides is 2. The molecule has 0 spiro atoms. The maximum Gasteiger partial charge on any atom is 0.338 e. The first-order valence-corrected chi connectivity index (χ1v) is 10.6. The van der Waals surface area contributed by atoms with Crippen LogP contribution in [0.4, 0.5) is 0 Å². The van der Waals surface area contributed by atoms with E-state index in [0.29, 0.717) is 17.8 Å². The van der Waals surface area contributed by atoms with Crippen molar-refractivity contribution in [3.05, 3.63) is 76.3 Å². The van der Waals surface area contributed by atoms with E-state index < -0.39 is 5.97 Å². The van der Waals surface area contributed by atoms with Crippen LogP contribution < -0.4 is 0 Å². The van der Waals surface area contributed by atoms with Crippen LogP contribution >= 0.6 is 11.3 Å². The fourth-order valence-electron chi connectivity index (χ4n) is 3.25. The van der Waals surface area contributed by atoms with Crippen LogP contribution in [0, 0.1) is 0 Å². The fourth-order valence-corrected chi connectivity index (χ4v) is 4.06. The van der Waals surface area contributed by atoms with E-state index >= 15 is 0 Å². The van der Waals surface area contributed by atoms with Gasteiger partial charge in [0, 0.05) is 17.5 Å². The highest BCUT2D eigenvalue weighted by atomic mass is 32.1. The molecule has 1 aromatic heterocycles. The summed E-state index contributed by atoms with van der Waals surface area (Å²) in [5.41, 5.74) is 2.50. The van der Waals surface area contributed by atoms with E-state index in [0.717, 1.165) is 23.4 Å². The Morgan fingerprint density at radius 1 is 1.07 bits per heavy atom. The van der Waals surface area contributed by atoms with Crippen molar-refractivity contribution >= 4 is 29.1 Å². The quantitative estimate of drug-likeness (QED) is 0.414. The van der Waals surface area contributed by atoms with Gasteiger partial charge in [0.05, 0.1) is 22.4 Å². The Morgan fingerprint density at radius 3 is 2.60 bits per heavy atom. The minimum Gasteiger partial charge on any atom is -0.456 e. The van der Waals surface area contributed by atoms with E-state index in [1.165, 1.54) is 34.4 Å². The van der Waals surface area contributed by atoms with E-state index in [1.807, 2.05) is 42.6 Å². The van der Waals surface area contributed by atoms with Crippen molar-refractivity contribution in [2.45, 2.75) is 26.4 Å². The molecule has 2 amide bonds. The van der Waals surface area contributed by atoms with Crippen molar-refractivity contribution in [1.82, 2.24) is 9.88 Å². The summed E-state index contributed by atoms with van der Waals surface area (Å²) in [6.45, 7) is 2.42. The number of hydrogen-bond donors (Lipinski definition) is 0. The van der Waals surface area contributed by atoms with Gasteiger partial charge in [-0.3, -0.25) is 14.5 Å². The summed E-state index contributed by atoms with van der Waals surface area (Å²) in [7, 11) is 0. The zero-order chi connectivity index (χ0) is 21.1. The standard InChI is InChI=1S/C23H20N2O4S/c1-2-3-11-25-21(26)18-10-9-16(12-19(18)22(25)27)23(28)29-13-17-14-30-20(24-17)15-7-5-4-6-8-15/h4-10,12,14H,2-3,11,13H2,1H3. The van der Waals surface area contributed by atoms with Crippen molar-refractivity contribution < 1.29 is 19.1 Å². The van der Waals surface area contributed by atoms with E-state index in [9.17, 15) is 14.4 Å². The van der Waals surface area contributed by atoms with Gasteiger partial charge in [-0.1, -0.05) is 43.7 Å². The Hall–Kier alpha value is -3.32. The molecule has 0 saturated heterocycles. The molecule has 30 heavy (non-hydrogen) atoms. The van der Waals surface area contributed by atoms with Crippen LogP contribution in [0.5, 0.6) is 0 Å². The molecule has 0 fully saturated rings. The van der Waals surface area contributed by atoms with E-state index in [1.54, 1.807) is 0 Å². The molecule has 152 valence electrons. The van der Waals surface area contributed by atoms with Gasteiger partial charge in [-0.05, 0) is 24.6 Å². The molecule has 0 aliphatic carbocycles. The van der Waals surface area contributed by atoms with Gasteiger partial charge in [-0.15, -0.1) is 11.3 Å². The predicted octanol–water partition coefficient (Wildman–Crippen LogP) is 4.56. The number of carbonyl (C=O) groups is 3. The minimum atomic E-state index is -0.556. The van der Waals surface area contributed by atoms with Gasteiger partial charge >= 0.3 is 5.97 Å². The molecule has 1 aliphatic heterocycles. The number of rotatable bonds is 7. The molecular formula is C23H20N2O4S. The summed E-state index contributed by atoms with van der Waals surface area (Å²) in [4.78, 5) is 43.2. The molecule has 0 saturated carbocycles. The maximum absolute atomic E-state index is 12.5. The molecule has 7 heteroatoms. The van der Waals surface area contributed by atoms with Crippen molar-refractivity contribution in [3.63, 3.8) is 0 Å². The molecule has 3 aromatic rings. The summed E-state index contributed by atoms with van der Waals surface area (Å²) in [6, 6.07) is 14.3. The van der Waals surface area contributed by atoms with Crippen LogP contribution in [0.2, 0.25) is 0 Å². The van der Waals surface area contributed by atoms with Gasteiger partial charge in [0.25, 0.3) is 11.8 Å². The average Bonchev–Trinajstić information content (AvgIpc) is 3.35. The summed E-state index contributed by atoms with van der Waals surface area (Å²) in [5, 5.41) is 2.71. The normalized spacial score (nSPS) is 12.9. The van der Waals surface area contributed by atoms with Crippen LogP contribution in [0.1, 0.15) is 56.5 Å². The van der Waals surface area contributed by atoms with Gasteiger partial charge in [0.15, 0.2) is 0 Å². The predicted molar refractivity (Wildman–Crippen MR) is 113 cm³/mol. The summed E-state index contributed by atoms with van der Waals surface area (Å²) < 4.78 is 5.37. The van der Waals surface area contributed by atoms with E-state index in [2.05, 4.69) is 4.98 Å². The monoisotopic (exact) mass is 420 g/mol. The molecule has 1 aliphatic rings. The Labute approximate surface area is 178 Å². The lowest BCUT2D eigenvalue weighted by Crippen LogP contribution is -2.30. The lowest BCUT2D eigenvalue weighted by atomic mass is 10.1. The SMILES string of the molecule is CCCCN1C(=O)c2ccc(C(=O)OCc3csc(-c4ccccc4)n3)cc2C1=O. The largest absolute Gasteiger partial charge is 0.456 e. The highest BCUT2D eigenvalue weighted by Crippen LogP contribution is 2.26. The molecule has 0 unspecified atom stereocenters. The first-order chi connectivity index (χ1) is 14.6. The van der Waals surface area contributed by atoms with Crippen LogP contribution in [0.3, 0.4) is 0 Å². The number of fused-ring (bicyclic) bond motifs is 1. The number of hydrogen-bond acceptors (Lipinski definition) is 6. The second-order valence-electron chi connectivity index (χ2n) is 6.96. The molecule has 0 bridgehead atoms. The molecule has 2 aromatic carbocycles. The molecule has 2 heterocycles. The fraction of sp³-hybridized carbons (Fsp3) is 0.217. The van der Waals surface area contributed by atoms with Crippen molar-refractivity contribution in [2.24, 2.45) is 0 Å². The number of benzene rings is 2. The summed E-state index contributed by atoms with van der Waals surface area (Å²) >= 11 is 1.48. The van der Waals surface area contributed by atoms with Crippen molar-refractivity contribution in [3.8, 4) is 10.6 Å². The topological polar surface area (TPSA) is 76.6 Å². The van der Waals surface area contributed by atoms with Gasteiger partial charge in [0.1, 0.15) is 11.6 Å². The van der Waals surface area contributed by atoms with Gasteiger partial charge in [-0.25, -0.2) is 9.78 Å². The Morgan fingerprint density at radius 2 is 1.83 bits per heavy atom. The molecular weight excluding hydrogens is 400 g/mol. The minimum absolute atomic E-state index is 0.0365. The third-order valence-electron chi connectivity index (χ3n) is 4.87.